The average Bonchev–Trinajstić information content (AvgIpc) is 3.10. The van der Waals surface area contributed by atoms with Crippen LogP contribution in [0.1, 0.15) is 11.3 Å². The molecular formula is C16H15FN2O2S. The predicted octanol–water partition coefficient (Wildman–Crippen LogP) is 2.35. The number of hydrogen-bond donors (Lipinski definition) is 1. The van der Waals surface area contributed by atoms with E-state index in [4.69, 9.17) is 0 Å². The Balaban J connectivity index is 1.62. The first-order chi connectivity index (χ1) is 10.6. The molecule has 1 unspecified atom stereocenters. The second-order valence-electron chi connectivity index (χ2n) is 5.08. The van der Waals surface area contributed by atoms with Crippen molar-refractivity contribution >= 4 is 28.8 Å². The number of nitrogens with zero attached hydrogens (tertiary/aromatic N) is 1. The maximum absolute atomic E-state index is 12.9. The minimum absolute atomic E-state index is 0.140. The molecule has 22 heavy (non-hydrogen) atoms. The molecular weight excluding hydrogens is 303 g/mol. The van der Waals surface area contributed by atoms with Crippen LogP contribution in [0.3, 0.4) is 0 Å². The third-order valence-electron chi connectivity index (χ3n) is 3.57. The Morgan fingerprint density at radius 3 is 2.68 bits per heavy atom. The van der Waals surface area contributed by atoms with Crippen LogP contribution in [0.2, 0.25) is 0 Å². The number of imide groups is 1. The van der Waals surface area contributed by atoms with E-state index < -0.39 is 11.9 Å². The van der Waals surface area contributed by atoms with Crippen molar-refractivity contribution in [2.75, 3.05) is 11.4 Å². The zero-order chi connectivity index (χ0) is 15.5. The molecule has 1 N–H and O–H groups in total. The molecule has 2 amide bonds. The van der Waals surface area contributed by atoms with E-state index >= 15 is 0 Å². The normalized spacial score (nSPS) is 18.2. The number of anilines is 1. The number of nitrogens with one attached hydrogen (secondary N) is 1. The molecule has 0 saturated carbocycles. The molecule has 3 rings (SSSR count). The summed E-state index contributed by atoms with van der Waals surface area (Å²) in [5.74, 6) is -0.929. The van der Waals surface area contributed by atoms with Crippen molar-refractivity contribution in [1.29, 1.82) is 0 Å². The molecule has 1 aliphatic heterocycles. The van der Waals surface area contributed by atoms with Gasteiger partial charge in [0.15, 0.2) is 0 Å². The van der Waals surface area contributed by atoms with Gasteiger partial charge in [0.1, 0.15) is 5.82 Å². The van der Waals surface area contributed by atoms with Gasteiger partial charge in [-0.05, 0) is 42.1 Å². The topological polar surface area (TPSA) is 49.4 Å². The van der Waals surface area contributed by atoms with Gasteiger partial charge in [-0.3, -0.25) is 9.59 Å². The number of rotatable bonds is 5. The molecule has 0 bridgehead atoms. The SMILES string of the molecule is O=C1CC(NCCc2cccs2)C(=O)N1c1ccc(F)cc1. The van der Waals surface area contributed by atoms with Crippen molar-refractivity contribution in [3.63, 3.8) is 0 Å². The first-order valence-corrected chi connectivity index (χ1v) is 7.91. The summed E-state index contributed by atoms with van der Waals surface area (Å²) in [7, 11) is 0. The third kappa shape index (κ3) is 3.08. The number of amides is 2. The average molecular weight is 318 g/mol. The number of halogens is 1. The fourth-order valence-electron chi connectivity index (χ4n) is 2.48. The van der Waals surface area contributed by atoms with Gasteiger partial charge in [0, 0.05) is 11.4 Å². The maximum Gasteiger partial charge on any atom is 0.251 e. The largest absolute Gasteiger partial charge is 0.305 e. The summed E-state index contributed by atoms with van der Waals surface area (Å²) < 4.78 is 12.9. The van der Waals surface area contributed by atoms with Crippen molar-refractivity contribution in [1.82, 2.24) is 5.32 Å². The fourth-order valence-corrected chi connectivity index (χ4v) is 3.19. The van der Waals surface area contributed by atoms with Crippen LogP contribution in [-0.4, -0.2) is 24.4 Å². The van der Waals surface area contributed by atoms with Gasteiger partial charge in [-0.1, -0.05) is 6.07 Å². The number of benzene rings is 1. The summed E-state index contributed by atoms with van der Waals surface area (Å²) in [5, 5.41) is 5.14. The van der Waals surface area contributed by atoms with Crippen molar-refractivity contribution in [2.24, 2.45) is 0 Å². The second-order valence-corrected chi connectivity index (χ2v) is 6.12. The Labute approximate surface area is 131 Å². The van der Waals surface area contributed by atoms with E-state index in [1.807, 2.05) is 17.5 Å². The number of carbonyl (C=O) groups excluding carboxylic acids is 2. The number of hydrogen-bond acceptors (Lipinski definition) is 4. The van der Waals surface area contributed by atoms with Crippen LogP contribution in [0.5, 0.6) is 0 Å². The summed E-state index contributed by atoms with van der Waals surface area (Å²) in [6.07, 6.45) is 0.965. The Morgan fingerprint density at radius 1 is 1.23 bits per heavy atom. The maximum atomic E-state index is 12.9. The van der Waals surface area contributed by atoms with Crippen LogP contribution < -0.4 is 10.2 Å². The Bertz CT molecular complexity index is 670. The molecule has 1 fully saturated rings. The summed E-state index contributed by atoms with van der Waals surface area (Å²) in [5.41, 5.74) is 0.416. The molecule has 1 saturated heterocycles. The van der Waals surface area contributed by atoms with Gasteiger partial charge < -0.3 is 5.32 Å². The Kier molecular flexibility index (Phi) is 4.31. The van der Waals surface area contributed by atoms with Gasteiger partial charge in [0.2, 0.25) is 5.91 Å². The van der Waals surface area contributed by atoms with Crippen LogP contribution in [0.4, 0.5) is 10.1 Å². The first kappa shape index (κ1) is 14.9. The molecule has 0 radical (unpaired) electrons. The Morgan fingerprint density at radius 2 is 2.00 bits per heavy atom. The lowest BCUT2D eigenvalue weighted by Gasteiger charge is -2.15. The molecule has 1 atom stereocenters. The zero-order valence-electron chi connectivity index (χ0n) is 11.8. The summed E-state index contributed by atoms with van der Waals surface area (Å²) in [6, 6.07) is 8.90. The summed E-state index contributed by atoms with van der Waals surface area (Å²) >= 11 is 1.67. The highest BCUT2D eigenvalue weighted by Crippen LogP contribution is 2.23. The molecule has 114 valence electrons. The highest BCUT2D eigenvalue weighted by atomic mass is 32.1. The lowest BCUT2D eigenvalue weighted by molar-refractivity contribution is -0.121. The first-order valence-electron chi connectivity index (χ1n) is 7.03. The van der Waals surface area contributed by atoms with Gasteiger partial charge in [0.25, 0.3) is 5.91 Å². The highest BCUT2D eigenvalue weighted by Gasteiger charge is 2.39. The van der Waals surface area contributed by atoms with Crippen molar-refractivity contribution in [2.45, 2.75) is 18.9 Å². The monoisotopic (exact) mass is 318 g/mol. The van der Waals surface area contributed by atoms with Crippen molar-refractivity contribution in [3.8, 4) is 0 Å². The van der Waals surface area contributed by atoms with Crippen LogP contribution in [0, 0.1) is 5.82 Å². The number of thiophene rings is 1. The van der Waals surface area contributed by atoms with Gasteiger partial charge in [0.05, 0.1) is 18.2 Å². The molecule has 1 aromatic heterocycles. The van der Waals surface area contributed by atoms with Crippen molar-refractivity contribution in [3.05, 3.63) is 52.5 Å². The van der Waals surface area contributed by atoms with Crippen LogP contribution >= 0.6 is 11.3 Å². The molecule has 1 aliphatic rings. The number of carbonyl (C=O) groups is 2. The van der Waals surface area contributed by atoms with Gasteiger partial charge >= 0.3 is 0 Å². The molecule has 0 aliphatic carbocycles. The van der Waals surface area contributed by atoms with Gasteiger partial charge in [-0.25, -0.2) is 9.29 Å². The second kappa shape index (κ2) is 6.37. The van der Waals surface area contributed by atoms with Crippen LogP contribution in [-0.2, 0) is 16.0 Å². The lowest BCUT2D eigenvalue weighted by atomic mass is 10.2. The van der Waals surface area contributed by atoms with E-state index in [0.717, 1.165) is 11.3 Å². The standard InChI is InChI=1S/C16H15FN2O2S/c17-11-3-5-12(6-4-11)19-15(20)10-14(16(19)21)18-8-7-13-2-1-9-22-13/h1-6,9,14,18H,7-8,10H2. The van der Waals surface area contributed by atoms with Gasteiger partial charge in [-0.2, -0.15) is 0 Å². The summed E-state index contributed by atoms with van der Waals surface area (Å²) in [4.78, 5) is 26.8. The fraction of sp³-hybridized carbons (Fsp3) is 0.250. The van der Waals surface area contributed by atoms with E-state index in [1.165, 1.54) is 29.1 Å². The molecule has 2 heterocycles. The third-order valence-corrected chi connectivity index (χ3v) is 4.51. The quantitative estimate of drug-likeness (QED) is 0.861. The smallest absolute Gasteiger partial charge is 0.251 e. The van der Waals surface area contributed by atoms with Crippen LogP contribution in [0.15, 0.2) is 41.8 Å². The summed E-state index contributed by atoms with van der Waals surface area (Å²) in [6.45, 7) is 0.640. The molecule has 2 aromatic rings. The van der Waals surface area contributed by atoms with Crippen molar-refractivity contribution < 1.29 is 14.0 Å². The lowest BCUT2D eigenvalue weighted by Crippen LogP contribution is -2.39. The minimum atomic E-state index is -0.502. The highest BCUT2D eigenvalue weighted by molar-refractivity contribution is 7.09. The van der Waals surface area contributed by atoms with Gasteiger partial charge in [-0.15, -0.1) is 11.3 Å². The van der Waals surface area contributed by atoms with E-state index in [0.29, 0.717) is 12.2 Å². The molecule has 4 nitrogen and oxygen atoms in total. The molecule has 1 aromatic carbocycles. The van der Waals surface area contributed by atoms with E-state index in [2.05, 4.69) is 5.32 Å². The molecule has 0 spiro atoms. The molecule has 6 heteroatoms. The van der Waals surface area contributed by atoms with E-state index in [9.17, 15) is 14.0 Å². The zero-order valence-corrected chi connectivity index (χ0v) is 12.6. The van der Waals surface area contributed by atoms with E-state index in [-0.39, 0.29) is 18.2 Å². The van der Waals surface area contributed by atoms with E-state index in [1.54, 1.807) is 11.3 Å². The van der Waals surface area contributed by atoms with Crippen LogP contribution in [0.25, 0.3) is 0 Å². The Hall–Kier alpha value is -2.05. The minimum Gasteiger partial charge on any atom is -0.305 e. The predicted molar refractivity (Wildman–Crippen MR) is 83.3 cm³/mol.